The van der Waals surface area contributed by atoms with Crippen molar-refractivity contribution in [1.29, 1.82) is 0 Å². The van der Waals surface area contributed by atoms with Gasteiger partial charge in [-0.1, -0.05) is 0 Å². The van der Waals surface area contributed by atoms with Crippen molar-refractivity contribution in [3.8, 4) is 11.4 Å². The monoisotopic (exact) mass is 417 g/mol. The van der Waals surface area contributed by atoms with Gasteiger partial charge in [-0.2, -0.15) is 15.0 Å². The van der Waals surface area contributed by atoms with E-state index < -0.39 is 6.43 Å². The summed E-state index contributed by atoms with van der Waals surface area (Å²) in [5.41, 5.74) is 5.58. The number of ether oxygens (including phenoxy) is 2. The van der Waals surface area contributed by atoms with Crippen molar-refractivity contribution >= 4 is 17.7 Å². The standard InChI is InChI=1S/C19H21F2N7O2/c20-16(21)13-3-15(22)23-4-14(13)17-24-18(27-5-11-1-9(27)7-29-11)26-19(25-17)28-6-12-2-10(28)8-30-12/h3-4,9-12,16H,1-2,5-8H2,(H2,22,23)/t9-,10-,11-,12-/m0/s1. The van der Waals surface area contributed by atoms with Crippen LogP contribution in [-0.4, -0.2) is 70.5 Å². The average Bonchev–Trinajstić information content (AvgIpc) is 3.54. The minimum absolute atomic E-state index is 0.0338. The maximum atomic E-state index is 13.7. The van der Waals surface area contributed by atoms with E-state index in [0.717, 1.165) is 12.8 Å². The van der Waals surface area contributed by atoms with Crippen molar-refractivity contribution in [2.45, 2.75) is 43.6 Å². The van der Waals surface area contributed by atoms with Crippen LogP contribution in [0.15, 0.2) is 12.3 Å². The number of halogens is 2. The maximum Gasteiger partial charge on any atom is 0.264 e. The Morgan fingerprint density at radius 3 is 2.03 bits per heavy atom. The Labute approximate surface area is 171 Å². The molecule has 0 saturated carbocycles. The molecule has 2 aromatic heterocycles. The van der Waals surface area contributed by atoms with Gasteiger partial charge < -0.3 is 25.0 Å². The zero-order chi connectivity index (χ0) is 20.4. The molecule has 9 nitrogen and oxygen atoms in total. The highest BCUT2D eigenvalue weighted by Crippen LogP contribution is 2.37. The van der Waals surface area contributed by atoms with E-state index in [0.29, 0.717) is 38.2 Å². The van der Waals surface area contributed by atoms with Gasteiger partial charge in [0.2, 0.25) is 11.9 Å². The number of aromatic nitrogens is 4. The normalized spacial score (nSPS) is 29.6. The third-order valence-electron chi connectivity index (χ3n) is 6.36. The Bertz CT molecular complexity index is 947. The fourth-order valence-corrected chi connectivity index (χ4v) is 4.88. The summed E-state index contributed by atoms with van der Waals surface area (Å²) >= 11 is 0. The van der Waals surface area contributed by atoms with Crippen molar-refractivity contribution in [3.63, 3.8) is 0 Å². The number of nitrogens with zero attached hydrogens (tertiary/aromatic N) is 6. The number of fused-ring (bicyclic) bond motifs is 4. The summed E-state index contributed by atoms with van der Waals surface area (Å²) in [5, 5.41) is 0. The van der Waals surface area contributed by atoms with Gasteiger partial charge in [0.05, 0.1) is 37.5 Å². The van der Waals surface area contributed by atoms with E-state index in [1.165, 1.54) is 12.3 Å². The first-order valence-electron chi connectivity index (χ1n) is 10.1. The topological polar surface area (TPSA) is 103 Å². The average molecular weight is 417 g/mol. The molecule has 0 unspecified atom stereocenters. The van der Waals surface area contributed by atoms with Gasteiger partial charge in [0.25, 0.3) is 6.43 Å². The van der Waals surface area contributed by atoms with Crippen LogP contribution in [0.1, 0.15) is 24.8 Å². The molecule has 4 atom stereocenters. The third kappa shape index (κ3) is 2.87. The number of hydrogen-bond donors (Lipinski definition) is 1. The highest BCUT2D eigenvalue weighted by atomic mass is 19.3. The number of anilines is 3. The summed E-state index contributed by atoms with van der Waals surface area (Å²) < 4.78 is 38.8. The van der Waals surface area contributed by atoms with Crippen molar-refractivity contribution in [1.82, 2.24) is 19.9 Å². The van der Waals surface area contributed by atoms with Gasteiger partial charge >= 0.3 is 0 Å². The van der Waals surface area contributed by atoms with Gasteiger partial charge in [0.15, 0.2) is 5.82 Å². The van der Waals surface area contributed by atoms with E-state index in [2.05, 4.69) is 24.8 Å². The second-order valence-electron chi connectivity index (χ2n) is 8.25. The van der Waals surface area contributed by atoms with Crippen LogP contribution in [0.25, 0.3) is 11.4 Å². The Morgan fingerprint density at radius 1 is 0.967 bits per heavy atom. The fraction of sp³-hybridized carbons (Fsp3) is 0.579. The molecule has 158 valence electrons. The van der Waals surface area contributed by atoms with Crippen LogP contribution < -0.4 is 15.5 Å². The fourth-order valence-electron chi connectivity index (χ4n) is 4.88. The first-order chi connectivity index (χ1) is 14.5. The molecule has 6 heterocycles. The molecule has 11 heteroatoms. The van der Waals surface area contributed by atoms with E-state index in [4.69, 9.17) is 20.2 Å². The molecule has 4 bridgehead atoms. The van der Waals surface area contributed by atoms with Crippen LogP contribution in [0.5, 0.6) is 0 Å². The molecule has 0 spiro atoms. The number of hydrogen-bond acceptors (Lipinski definition) is 9. The summed E-state index contributed by atoms with van der Waals surface area (Å²) in [6.45, 7) is 2.61. The van der Waals surface area contributed by atoms with Crippen molar-refractivity contribution < 1.29 is 18.3 Å². The Balaban J connectivity index is 1.46. The zero-order valence-electron chi connectivity index (χ0n) is 16.1. The van der Waals surface area contributed by atoms with Crippen LogP contribution in [0, 0.1) is 0 Å². The Hall–Kier alpha value is -2.66. The molecule has 4 aliphatic rings. The molecular formula is C19H21F2N7O2. The summed E-state index contributed by atoms with van der Waals surface area (Å²) in [6.07, 6.45) is 0.753. The number of nitrogen functional groups attached to an aromatic ring is 1. The van der Waals surface area contributed by atoms with Gasteiger partial charge in [-0.05, 0) is 18.9 Å². The lowest BCUT2D eigenvalue weighted by molar-refractivity contribution is 0.0980. The molecular weight excluding hydrogens is 396 g/mol. The minimum Gasteiger partial charge on any atom is -0.384 e. The van der Waals surface area contributed by atoms with Crippen molar-refractivity contribution in [2.75, 3.05) is 41.8 Å². The van der Waals surface area contributed by atoms with E-state index >= 15 is 0 Å². The molecule has 2 N–H and O–H groups in total. The molecule has 4 saturated heterocycles. The minimum atomic E-state index is -2.72. The van der Waals surface area contributed by atoms with Gasteiger partial charge in [0.1, 0.15) is 5.82 Å². The van der Waals surface area contributed by atoms with Gasteiger partial charge in [-0.15, -0.1) is 0 Å². The van der Waals surface area contributed by atoms with Crippen LogP contribution in [0.4, 0.5) is 26.5 Å². The van der Waals surface area contributed by atoms with Crippen molar-refractivity contribution in [2.24, 2.45) is 0 Å². The molecule has 4 aliphatic heterocycles. The molecule has 0 aromatic carbocycles. The smallest absolute Gasteiger partial charge is 0.264 e. The first kappa shape index (κ1) is 18.1. The summed E-state index contributed by atoms with van der Waals surface area (Å²) in [6, 6.07) is 1.56. The maximum absolute atomic E-state index is 13.7. The lowest BCUT2D eigenvalue weighted by Gasteiger charge is -2.30. The number of nitrogens with two attached hydrogens (primary N) is 1. The number of morpholine rings is 2. The van der Waals surface area contributed by atoms with E-state index in [1.54, 1.807) is 0 Å². The highest BCUT2D eigenvalue weighted by Gasteiger charge is 2.43. The second-order valence-corrected chi connectivity index (χ2v) is 8.25. The van der Waals surface area contributed by atoms with Gasteiger partial charge in [-0.25, -0.2) is 13.8 Å². The zero-order valence-corrected chi connectivity index (χ0v) is 16.1. The van der Waals surface area contributed by atoms with Crippen LogP contribution in [-0.2, 0) is 9.47 Å². The number of pyridine rings is 1. The predicted molar refractivity (Wildman–Crippen MR) is 103 cm³/mol. The molecule has 6 rings (SSSR count). The Kier molecular flexibility index (Phi) is 4.03. The largest absolute Gasteiger partial charge is 0.384 e. The third-order valence-corrected chi connectivity index (χ3v) is 6.36. The van der Waals surface area contributed by atoms with Gasteiger partial charge in [0, 0.05) is 30.4 Å². The van der Waals surface area contributed by atoms with E-state index in [9.17, 15) is 8.78 Å². The van der Waals surface area contributed by atoms with Crippen LogP contribution >= 0.6 is 0 Å². The molecule has 0 radical (unpaired) electrons. The highest BCUT2D eigenvalue weighted by molar-refractivity contribution is 5.64. The summed E-state index contributed by atoms with van der Waals surface area (Å²) in [4.78, 5) is 22.1. The lowest BCUT2D eigenvalue weighted by atomic mass is 10.1. The predicted octanol–water partition coefficient (Wildman–Crippen LogP) is 1.41. The molecule has 2 aromatic rings. The van der Waals surface area contributed by atoms with Gasteiger partial charge in [-0.3, -0.25) is 0 Å². The number of rotatable bonds is 4. The SMILES string of the molecule is Nc1cc(C(F)F)c(-c2nc(N3C[C@@H]4C[C@H]3CO4)nc(N3C[C@@H]4C[C@H]3CO4)n2)cn1. The van der Waals surface area contributed by atoms with Crippen LogP contribution in [0.2, 0.25) is 0 Å². The van der Waals surface area contributed by atoms with E-state index in [1.807, 2.05) is 0 Å². The molecule has 4 fully saturated rings. The lowest BCUT2D eigenvalue weighted by Crippen LogP contribution is -2.40. The Morgan fingerprint density at radius 2 is 1.57 bits per heavy atom. The summed E-state index contributed by atoms with van der Waals surface area (Å²) in [5.74, 6) is 1.20. The second kappa shape index (κ2) is 6.67. The summed E-state index contributed by atoms with van der Waals surface area (Å²) in [7, 11) is 0. The van der Waals surface area contributed by atoms with Crippen LogP contribution in [0.3, 0.4) is 0 Å². The van der Waals surface area contributed by atoms with E-state index in [-0.39, 0.29) is 47.1 Å². The number of alkyl halides is 2. The molecule has 30 heavy (non-hydrogen) atoms. The molecule has 0 aliphatic carbocycles. The first-order valence-corrected chi connectivity index (χ1v) is 10.1. The van der Waals surface area contributed by atoms with Crippen molar-refractivity contribution in [3.05, 3.63) is 17.8 Å². The molecule has 0 amide bonds. The quantitative estimate of drug-likeness (QED) is 0.791.